The number of nitrogens with one attached hydrogen (secondary N) is 2. The highest BCUT2D eigenvalue weighted by atomic mass is 16.3. The quantitative estimate of drug-likeness (QED) is 0.784. The van der Waals surface area contributed by atoms with Gasteiger partial charge in [-0.3, -0.25) is 9.59 Å². The van der Waals surface area contributed by atoms with Crippen molar-refractivity contribution in [2.45, 2.75) is 25.3 Å². The summed E-state index contributed by atoms with van der Waals surface area (Å²) in [6, 6.07) is 12.4. The van der Waals surface area contributed by atoms with Gasteiger partial charge in [0.15, 0.2) is 5.76 Å². The van der Waals surface area contributed by atoms with Crippen molar-refractivity contribution in [3.8, 4) is 0 Å². The number of amides is 2. The summed E-state index contributed by atoms with van der Waals surface area (Å²) in [6.45, 7) is 2.44. The molecule has 2 aromatic rings. The number of likely N-dealkylation sites (tertiary alicyclic amines) is 1. The number of furan rings is 1. The molecule has 27 heavy (non-hydrogen) atoms. The molecule has 0 spiro atoms. The van der Waals surface area contributed by atoms with E-state index in [1.165, 1.54) is 6.26 Å². The maximum Gasteiger partial charge on any atom is 0.287 e. The molecule has 1 aromatic carbocycles. The summed E-state index contributed by atoms with van der Waals surface area (Å²) in [4.78, 5) is 27.5. The van der Waals surface area contributed by atoms with Crippen LogP contribution in [0.4, 0.5) is 0 Å². The third-order valence-electron chi connectivity index (χ3n) is 5.05. The van der Waals surface area contributed by atoms with Gasteiger partial charge in [0.05, 0.1) is 6.26 Å². The number of benzene rings is 1. The van der Waals surface area contributed by atoms with E-state index in [1.54, 1.807) is 12.1 Å². The van der Waals surface area contributed by atoms with Crippen molar-refractivity contribution in [1.82, 2.24) is 15.5 Å². The highest BCUT2D eigenvalue weighted by Crippen LogP contribution is 2.18. The number of hydrogen-bond donors (Lipinski definition) is 2. The second-order valence-corrected chi connectivity index (χ2v) is 7.02. The Morgan fingerprint density at radius 2 is 1.89 bits per heavy atom. The van der Waals surface area contributed by atoms with Crippen LogP contribution in [-0.4, -0.2) is 49.4 Å². The minimum atomic E-state index is -0.606. The van der Waals surface area contributed by atoms with E-state index in [4.69, 9.17) is 4.42 Å². The minimum absolute atomic E-state index is 0.0262. The zero-order valence-corrected chi connectivity index (χ0v) is 15.7. The van der Waals surface area contributed by atoms with E-state index < -0.39 is 6.04 Å². The van der Waals surface area contributed by atoms with Crippen LogP contribution in [0, 0.1) is 5.92 Å². The smallest absolute Gasteiger partial charge is 0.287 e. The van der Waals surface area contributed by atoms with Gasteiger partial charge in [-0.25, -0.2) is 0 Å². The average Bonchev–Trinajstić information content (AvgIpc) is 3.24. The fourth-order valence-electron chi connectivity index (χ4n) is 3.55. The van der Waals surface area contributed by atoms with Crippen LogP contribution < -0.4 is 10.6 Å². The van der Waals surface area contributed by atoms with Gasteiger partial charge >= 0.3 is 0 Å². The minimum Gasteiger partial charge on any atom is -0.459 e. The number of hydrogen-bond acceptors (Lipinski definition) is 4. The molecule has 2 amide bonds. The average molecular weight is 369 g/mol. The van der Waals surface area contributed by atoms with Gasteiger partial charge in [0.2, 0.25) is 5.91 Å². The number of carbonyl (C=O) groups is 2. The summed E-state index contributed by atoms with van der Waals surface area (Å²) in [5.41, 5.74) is 1.01. The monoisotopic (exact) mass is 369 g/mol. The van der Waals surface area contributed by atoms with Gasteiger partial charge in [-0.15, -0.1) is 0 Å². The Hall–Kier alpha value is -2.60. The predicted molar refractivity (Wildman–Crippen MR) is 103 cm³/mol. The Kier molecular flexibility index (Phi) is 6.65. The molecule has 2 N–H and O–H groups in total. The van der Waals surface area contributed by atoms with E-state index in [0.29, 0.717) is 12.3 Å². The fourth-order valence-corrected chi connectivity index (χ4v) is 3.55. The summed E-state index contributed by atoms with van der Waals surface area (Å²) >= 11 is 0. The van der Waals surface area contributed by atoms with Crippen LogP contribution in [0.5, 0.6) is 0 Å². The molecule has 1 aliphatic rings. The lowest BCUT2D eigenvalue weighted by Gasteiger charge is -2.34. The van der Waals surface area contributed by atoms with Crippen LogP contribution in [0.2, 0.25) is 0 Å². The molecule has 6 heteroatoms. The Morgan fingerprint density at radius 3 is 2.52 bits per heavy atom. The van der Waals surface area contributed by atoms with E-state index in [1.807, 2.05) is 42.3 Å². The fraction of sp³-hybridized carbons (Fsp3) is 0.429. The SMILES string of the molecule is CNCC1CCN(C(=O)C(Cc2ccccc2)NC(=O)c2ccco2)CC1. The van der Waals surface area contributed by atoms with Crippen LogP contribution in [0.25, 0.3) is 0 Å². The lowest BCUT2D eigenvalue weighted by molar-refractivity contribution is -0.134. The Bertz CT molecular complexity index is 722. The second-order valence-electron chi connectivity index (χ2n) is 7.02. The van der Waals surface area contributed by atoms with E-state index in [0.717, 1.165) is 38.0 Å². The van der Waals surface area contributed by atoms with Gasteiger partial charge in [0, 0.05) is 19.5 Å². The normalized spacial score (nSPS) is 16.1. The molecule has 0 bridgehead atoms. The van der Waals surface area contributed by atoms with Crippen molar-refractivity contribution in [3.63, 3.8) is 0 Å². The first-order valence-electron chi connectivity index (χ1n) is 9.49. The largest absolute Gasteiger partial charge is 0.459 e. The van der Waals surface area contributed by atoms with Crippen molar-refractivity contribution >= 4 is 11.8 Å². The molecule has 3 rings (SSSR count). The van der Waals surface area contributed by atoms with Crippen LogP contribution >= 0.6 is 0 Å². The lowest BCUT2D eigenvalue weighted by Crippen LogP contribution is -2.52. The molecule has 1 atom stereocenters. The molecule has 2 heterocycles. The Morgan fingerprint density at radius 1 is 1.15 bits per heavy atom. The molecule has 1 saturated heterocycles. The summed E-state index contributed by atoms with van der Waals surface area (Å²) < 4.78 is 5.17. The molecule has 144 valence electrons. The summed E-state index contributed by atoms with van der Waals surface area (Å²) in [5.74, 6) is 0.430. The van der Waals surface area contributed by atoms with Crippen LogP contribution in [0.3, 0.4) is 0 Å². The molecule has 0 radical (unpaired) electrons. The van der Waals surface area contributed by atoms with Crippen molar-refractivity contribution < 1.29 is 14.0 Å². The second kappa shape index (κ2) is 9.37. The van der Waals surface area contributed by atoms with Gasteiger partial charge < -0.3 is 20.0 Å². The number of piperidine rings is 1. The zero-order valence-electron chi connectivity index (χ0n) is 15.7. The topological polar surface area (TPSA) is 74.6 Å². The van der Waals surface area contributed by atoms with Crippen molar-refractivity contribution in [2.75, 3.05) is 26.7 Å². The number of nitrogens with zero attached hydrogens (tertiary/aromatic N) is 1. The van der Waals surface area contributed by atoms with Gasteiger partial charge in [-0.2, -0.15) is 0 Å². The van der Waals surface area contributed by atoms with Gasteiger partial charge in [-0.1, -0.05) is 30.3 Å². The zero-order chi connectivity index (χ0) is 19.1. The molecule has 1 aliphatic heterocycles. The van der Waals surface area contributed by atoms with Crippen molar-refractivity contribution in [1.29, 1.82) is 0 Å². The van der Waals surface area contributed by atoms with E-state index in [9.17, 15) is 9.59 Å². The Labute approximate surface area is 159 Å². The summed E-state index contributed by atoms with van der Waals surface area (Å²) in [7, 11) is 1.96. The van der Waals surface area contributed by atoms with Crippen molar-refractivity contribution in [3.05, 3.63) is 60.1 Å². The molecular weight excluding hydrogens is 342 g/mol. The molecular formula is C21H27N3O3. The van der Waals surface area contributed by atoms with Crippen LogP contribution in [0.1, 0.15) is 29.0 Å². The van der Waals surface area contributed by atoms with E-state index in [2.05, 4.69) is 10.6 Å². The molecule has 1 fully saturated rings. The third-order valence-corrected chi connectivity index (χ3v) is 5.05. The number of rotatable bonds is 7. The van der Waals surface area contributed by atoms with Crippen LogP contribution in [0.15, 0.2) is 53.1 Å². The standard InChI is InChI=1S/C21H27N3O3/c1-22-15-17-9-11-24(12-10-17)21(26)18(14-16-6-3-2-4-7-16)23-20(25)19-8-5-13-27-19/h2-8,13,17-18,22H,9-12,14-15H2,1H3,(H,23,25). The summed E-state index contributed by atoms with van der Waals surface area (Å²) in [6.07, 6.45) is 3.88. The van der Waals surface area contributed by atoms with E-state index >= 15 is 0 Å². The molecule has 1 unspecified atom stereocenters. The molecule has 0 saturated carbocycles. The first kappa shape index (κ1) is 19.2. The van der Waals surface area contributed by atoms with Gasteiger partial charge in [-0.05, 0) is 50.0 Å². The van der Waals surface area contributed by atoms with Gasteiger partial charge in [0.1, 0.15) is 6.04 Å². The van der Waals surface area contributed by atoms with Crippen LogP contribution in [-0.2, 0) is 11.2 Å². The van der Waals surface area contributed by atoms with Crippen molar-refractivity contribution in [2.24, 2.45) is 5.92 Å². The third kappa shape index (κ3) is 5.20. The Balaban J connectivity index is 1.68. The predicted octanol–water partition coefficient (Wildman–Crippen LogP) is 2.08. The van der Waals surface area contributed by atoms with E-state index in [-0.39, 0.29) is 17.6 Å². The molecule has 0 aliphatic carbocycles. The lowest BCUT2D eigenvalue weighted by atomic mass is 9.95. The highest BCUT2D eigenvalue weighted by Gasteiger charge is 2.30. The number of carbonyl (C=O) groups excluding carboxylic acids is 2. The highest BCUT2D eigenvalue weighted by molar-refractivity contribution is 5.95. The first-order chi connectivity index (χ1) is 13.2. The first-order valence-corrected chi connectivity index (χ1v) is 9.49. The van der Waals surface area contributed by atoms with Gasteiger partial charge in [0.25, 0.3) is 5.91 Å². The maximum atomic E-state index is 13.1. The molecule has 6 nitrogen and oxygen atoms in total. The maximum absolute atomic E-state index is 13.1. The summed E-state index contributed by atoms with van der Waals surface area (Å²) in [5, 5.41) is 6.07. The molecule has 1 aromatic heterocycles.